The predicted octanol–water partition coefficient (Wildman–Crippen LogP) is 1.76. The SMILES string of the molecule is COCc1nc2cc(C)c(C)cc2n1CCN. The zero-order valence-corrected chi connectivity index (χ0v) is 10.7. The number of methoxy groups -OCH3 is 1. The van der Waals surface area contributed by atoms with E-state index in [0.717, 1.165) is 23.4 Å². The zero-order valence-electron chi connectivity index (χ0n) is 10.7. The van der Waals surface area contributed by atoms with Crippen LogP contribution in [0, 0.1) is 13.8 Å². The van der Waals surface area contributed by atoms with Gasteiger partial charge in [-0.05, 0) is 37.1 Å². The Bertz CT molecular complexity index is 531. The normalized spacial score (nSPS) is 11.3. The topological polar surface area (TPSA) is 53.1 Å². The molecule has 0 aliphatic heterocycles. The van der Waals surface area contributed by atoms with Crippen LogP contribution in [0.2, 0.25) is 0 Å². The fourth-order valence-electron chi connectivity index (χ4n) is 2.05. The summed E-state index contributed by atoms with van der Waals surface area (Å²) >= 11 is 0. The summed E-state index contributed by atoms with van der Waals surface area (Å²) in [5.41, 5.74) is 10.4. The fraction of sp³-hybridized carbons (Fsp3) is 0.462. The molecule has 0 bridgehead atoms. The number of imidazole rings is 1. The van der Waals surface area contributed by atoms with Crippen LogP contribution in [-0.4, -0.2) is 23.2 Å². The van der Waals surface area contributed by atoms with Gasteiger partial charge < -0.3 is 15.0 Å². The molecule has 1 heterocycles. The third-order valence-electron chi connectivity index (χ3n) is 3.07. The molecule has 4 heteroatoms. The number of nitrogens with two attached hydrogens (primary N) is 1. The van der Waals surface area contributed by atoms with Crippen LogP contribution in [0.25, 0.3) is 11.0 Å². The maximum atomic E-state index is 5.65. The molecule has 1 aromatic carbocycles. The van der Waals surface area contributed by atoms with Crippen LogP contribution < -0.4 is 5.73 Å². The first kappa shape index (κ1) is 12.1. The van der Waals surface area contributed by atoms with Crippen molar-refractivity contribution in [2.75, 3.05) is 13.7 Å². The highest BCUT2D eigenvalue weighted by Gasteiger charge is 2.11. The highest BCUT2D eigenvalue weighted by Crippen LogP contribution is 2.21. The van der Waals surface area contributed by atoms with Crippen molar-refractivity contribution in [3.63, 3.8) is 0 Å². The molecule has 0 saturated carbocycles. The van der Waals surface area contributed by atoms with Gasteiger partial charge in [0.2, 0.25) is 0 Å². The van der Waals surface area contributed by atoms with Gasteiger partial charge in [0.15, 0.2) is 0 Å². The minimum absolute atomic E-state index is 0.521. The van der Waals surface area contributed by atoms with Gasteiger partial charge >= 0.3 is 0 Å². The summed E-state index contributed by atoms with van der Waals surface area (Å²) < 4.78 is 7.32. The second kappa shape index (κ2) is 4.85. The maximum Gasteiger partial charge on any atom is 0.136 e. The first-order valence-corrected chi connectivity index (χ1v) is 5.82. The highest BCUT2D eigenvalue weighted by molar-refractivity contribution is 5.78. The van der Waals surface area contributed by atoms with Gasteiger partial charge in [-0.25, -0.2) is 4.98 Å². The molecule has 2 aromatic rings. The van der Waals surface area contributed by atoms with E-state index >= 15 is 0 Å². The fourth-order valence-corrected chi connectivity index (χ4v) is 2.05. The Kier molecular flexibility index (Phi) is 3.45. The van der Waals surface area contributed by atoms with Crippen molar-refractivity contribution in [3.05, 3.63) is 29.1 Å². The van der Waals surface area contributed by atoms with Gasteiger partial charge in [0.25, 0.3) is 0 Å². The summed E-state index contributed by atoms with van der Waals surface area (Å²) in [7, 11) is 1.68. The molecule has 2 N–H and O–H groups in total. The van der Waals surface area contributed by atoms with Crippen molar-refractivity contribution < 1.29 is 4.74 Å². The van der Waals surface area contributed by atoms with Gasteiger partial charge in [-0.3, -0.25) is 0 Å². The maximum absolute atomic E-state index is 5.65. The van der Waals surface area contributed by atoms with Crippen molar-refractivity contribution >= 4 is 11.0 Å². The highest BCUT2D eigenvalue weighted by atomic mass is 16.5. The van der Waals surface area contributed by atoms with E-state index < -0.39 is 0 Å². The molecular formula is C13H19N3O. The Labute approximate surface area is 101 Å². The number of hydrogen-bond donors (Lipinski definition) is 1. The van der Waals surface area contributed by atoms with E-state index in [0.29, 0.717) is 13.2 Å². The van der Waals surface area contributed by atoms with Gasteiger partial charge in [-0.15, -0.1) is 0 Å². The Morgan fingerprint density at radius 3 is 2.65 bits per heavy atom. The molecule has 0 spiro atoms. The molecular weight excluding hydrogens is 214 g/mol. The number of ether oxygens (including phenoxy) is 1. The summed E-state index contributed by atoms with van der Waals surface area (Å²) in [4.78, 5) is 4.61. The molecule has 2 rings (SSSR count). The van der Waals surface area contributed by atoms with E-state index in [2.05, 4.69) is 35.5 Å². The molecule has 0 radical (unpaired) electrons. The lowest BCUT2D eigenvalue weighted by Gasteiger charge is -2.07. The number of aryl methyl sites for hydroxylation is 2. The third kappa shape index (κ3) is 2.18. The van der Waals surface area contributed by atoms with E-state index in [9.17, 15) is 0 Å². The molecule has 4 nitrogen and oxygen atoms in total. The Hall–Kier alpha value is -1.39. The van der Waals surface area contributed by atoms with Gasteiger partial charge in [0.05, 0.1) is 11.0 Å². The molecule has 17 heavy (non-hydrogen) atoms. The predicted molar refractivity (Wildman–Crippen MR) is 69.0 cm³/mol. The molecule has 0 atom stereocenters. The zero-order chi connectivity index (χ0) is 12.4. The molecule has 0 amide bonds. The molecule has 0 aliphatic carbocycles. The summed E-state index contributed by atoms with van der Waals surface area (Å²) in [5.74, 6) is 0.943. The van der Waals surface area contributed by atoms with E-state index in [1.807, 2.05) is 0 Å². The van der Waals surface area contributed by atoms with Crippen LogP contribution in [0.3, 0.4) is 0 Å². The summed E-state index contributed by atoms with van der Waals surface area (Å²) in [6, 6.07) is 4.29. The largest absolute Gasteiger partial charge is 0.377 e. The van der Waals surface area contributed by atoms with E-state index in [-0.39, 0.29) is 0 Å². The Morgan fingerprint density at radius 1 is 1.29 bits per heavy atom. The van der Waals surface area contributed by atoms with E-state index in [4.69, 9.17) is 10.5 Å². The van der Waals surface area contributed by atoms with Gasteiger partial charge in [-0.1, -0.05) is 0 Å². The van der Waals surface area contributed by atoms with Crippen molar-refractivity contribution in [2.45, 2.75) is 27.0 Å². The number of fused-ring (bicyclic) bond motifs is 1. The standard InChI is InChI=1S/C13H19N3O/c1-9-6-11-12(7-10(9)2)16(5-4-14)13(15-11)8-17-3/h6-7H,4-5,8,14H2,1-3H3. The number of aromatic nitrogens is 2. The minimum Gasteiger partial charge on any atom is -0.377 e. The Balaban J connectivity index is 2.62. The van der Waals surface area contributed by atoms with Gasteiger partial charge in [0.1, 0.15) is 12.4 Å². The van der Waals surface area contributed by atoms with Crippen molar-refractivity contribution in [3.8, 4) is 0 Å². The van der Waals surface area contributed by atoms with Crippen LogP contribution in [0.4, 0.5) is 0 Å². The lowest BCUT2D eigenvalue weighted by atomic mass is 10.1. The van der Waals surface area contributed by atoms with Crippen molar-refractivity contribution in [2.24, 2.45) is 5.73 Å². The second-order valence-corrected chi connectivity index (χ2v) is 4.33. The van der Waals surface area contributed by atoms with Gasteiger partial charge in [0, 0.05) is 20.2 Å². The average Bonchev–Trinajstić information content (AvgIpc) is 2.59. The molecule has 0 fully saturated rings. The number of hydrogen-bond acceptors (Lipinski definition) is 3. The number of nitrogens with zero attached hydrogens (tertiary/aromatic N) is 2. The smallest absolute Gasteiger partial charge is 0.136 e. The monoisotopic (exact) mass is 233 g/mol. The third-order valence-corrected chi connectivity index (χ3v) is 3.07. The van der Waals surface area contributed by atoms with Crippen LogP contribution >= 0.6 is 0 Å². The van der Waals surface area contributed by atoms with Crippen LogP contribution in [0.5, 0.6) is 0 Å². The van der Waals surface area contributed by atoms with Gasteiger partial charge in [-0.2, -0.15) is 0 Å². The van der Waals surface area contributed by atoms with Crippen LogP contribution in [0.15, 0.2) is 12.1 Å². The van der Waals surface area contributed by atoms with Crippen molar-refractivity contribution in [1.29, 1.82) is 0 Å². The number of benzene rings is 1. The Morgan fingerprint density at radius 2 is 2.00 bits per heavy atom. The number of rotatable bonds is 4. The first-order chi connectivity index (χ1) is 8.17. The van der Waals surface area contributed by atoms with E-state index in [1.165, 1.54) is 11.1 Å². The van der Waals surface area contributed by atoms with Crippen LogP contribution in [0.1, 0.15) is 17.0 Å². The lowest BCUT2D eigenvalue weighted by Crippen LogP contribution is -2.13. The summed E-state index contributed by atoms with van der Waals surface area (Å²) in [6.07, 6.45) is 0. The van der Waals surface area contributed by atoms with Crippen LogP contribution in [-0.2, 0) is 17.9 Å². The molecule has 0 saturated heterocycles. The molecule has 1 aromatic heterocycles. The van der Waals surface area contributed by atoms with E-state index in [1.54, 1.807) is 7.11 Å². The average molecular weight is 233 g/mol. The molecule has 0 aliphatic rings. The summed E-state index contributed by atoms with van der Waals surface area (Å²) in [6.45, 7) is 6.12. The first-order valence-electron chi connectivity index (χ1n) is 5.82. The second-order valence-electron chi connectivity index (χ2n) is 4.33. The summed E-state index contributed by atoms with van der Waals surface area (Å²) in [5, 5.41) is 0. The minimum atomic E-state index is 0.521. The van der Waals surface area contributed by atoms with Crippen molar-refractivity contribution in [1.82, 2.24) is 9.55 Å². The quantitative estimate of drug-likeness (QED) is 0.875. The lowest BCUT2D eigenvalue weighted by molar-refractivity contribution is 0.175. The molecule has 0 unspecified atom stereocenters. The molecule has 92 valence electrons.